The summed E-state index contributed by atoms with van der Waals surface area (Å²) in [6.45, 7) is 2.43. The number of sulfonamides is 1. The van der Waals surface area contributed by atoms with Gasteiger partial charge in [-0.25, -0.2) is 8.42 Å². The van der Waals surface area contributed by atoms with Gasteiger partial charge in [-0.05, 0) is 31.2 Å². The van der Waals surface area contributed by atoms with Gasteiger partial charge in [0.05, 0.1) is 11.5 Å². The number of nitrogens with one attached hydrogen (secondary N) is 1. The van der Waals surface area contributed by atoms with Crippen LogP contribution >= 0.6 is 0 Å². The van der Waals surface area contributed by atoms with Crippen LogP contribution in [0.25, 0.3) is 10.8 Å². The summed E-state index contributed by atoms with van der Waals surface area (Å²) in [7, 11) is -3.68. The Morgan fingerprint density at radius 2 is 1.52 bits per heavy atom. The maximum Gasteiger partial charge on any atom is 0.262 e. The van der Waals surface area contributed by atoms with Crippen molar-refractivity contribution in [1.82, 2.24) is 0 Å². The Bertz CT molecular complexity index is 921. The molecule has 1 N–H and O–H groups in total. The molecule has 0 aliphatic rings. The SMILES string of the molecule is CCOc1ccc(S(=O)(=O)Nc2ccccc2)c2ccccc12. The van der Waals surface area contributed by atoms with Gasteiger partial charge in [-0.3, -0.25) is 4.72 Å². The first-order valence-electron chi connectivity index (χ1n) is 7.34. The van der Waals surface area contributed by atoms with E-state index in [1.807, 2.05) is 31.2 Å². The largest absolute Gasteiger partial charge is 0.493 e. The Morgan fingerprint density at radius 1 is 0.870 bits per heavy atom. The standard InChI is InChI=1S/C18H17NO3S/c1-2-22-17-12-13-18(16-11-7-6-10-15(16)17)23(20,21)19-14-8-4-3-5-9-14/h3-13,19H,2H2,1H3. The van der Waals surface area contributed by atoms with Crippen LogP contribution in [-0.4, -0.2) is 15.0 Å². The molecule has 3 aromatic carbocycles. The number of fused-ring (bicyclic) bond motifs is 1. The summed E-state index contributed by atoms with van der Waals surface area (Å²) in [4.78, 5) is 0.236. The normalized spacial score (nSPS) is 11.3. The van der Waals surface area contributed by atoms with Crippen molar-refractivity contribution in [3.05, 3.63) is 66.7 Å². The van der Waals surface area contributed by atoms with Gasteiger partial charge >= 0.3 is 0 Å². The van der Waals surface area contributed by atoms with Crippen LogP contribution in [0.3, 0.4) is 0 Å². The van der Waals surface area contributed by atoms with Crippen molar-refractivity contribution >= 4 is 26.5 Å². The van der Waals surface area contributed by atoms with E-state index in [1.54, 1.807) is 42.5 Å². The summed E-state index contributed by atoms with van der Waals surface area (Å²) < 4.78 is 33.7. The van der Waals surface area contributed by atoms with Crippen LogP contribution in [0.15, 0.2) is 71.6 Å². The highest BCUT2D eigenvalue weighted by molar-refractivity contribution is 7.93. The Hall–Kier alpha value is -2.53. The highest BCUT2D eigenvalue weighted by Crippen LogP contribution is 2.31. The minimum Gasteiger partial charge on any atom is -0.493 e. The molecule has 0 bridgehead atoms. The lowest BCUT2D eigenvalue weighted by Crippen LogP contribution is -2.13. The molecule has 0 atom stereocenters. The molecule has 0 unspecified atom stereocenters. The highest BCUT2D eigenvalue weighted by atomic mass is 32.2. The minimum absolute atomic E-state index is 0.236. The van der Waals surface area contributed by atoms with Crippen molar-refractivity contribution in [2.75, 3.05) is 11.3 Å². The Kier molecular flexibility index (Phi) is 4.21. The van der Waals surface area contributed by atoms with Gasteiger partial charge in [-0.2, -0.15) is 0 Å². The maximum atomic E-state index is 12.7. The van der Waals surface area contributed by atoms with Crippen LogP contribution in [0.1, 0.15) is 6.92 Å². The second-order valence-corrected chi connectivity index (χ2v) is 6.66. The maximum absolute atomic E-state index is 12.7. The molecule has 0 heterocycles. The average Bonchev–Trinajstić information content (AvgIpc) is 2.56. The van der Waals surface area contributed by atoms with E-state index in [0.29, 0.717) is 23.4 Å². The number of para-hydroxylation sites is 1. The van der Waals surface area contributed by atoms with E-state index in [1.165, 1.54) is 0 Å². The topological polar surface area (TPSA) is 55.4 Å². The zero-order valence-corrected chi connectivity index (χ0v) is 13.5. The molecule has 5 heteroatoms. The van der Waals surface area contributed by atoms with Crippen LogP contribution in [0.4, 0.5) is 5.69 Å². The molecule has 0 saturated carbocycles. The van der Waals surface area contributed by atoms with E-state index in [4.69, 9.17) is 4.74 Å². The van der Waals surface area contributed by atoms with Gasteiger partial charge in [0.25, 0.3) is 10.0 Å². The van der Waals surface area contributed by atoms with Crippen LogP contribution in [0.5, 0.6) is 5.75 Å². The minimum atomic E-state index is -3.68. The Balaban J connectivity index is 2.11. The highest BCUT2D eigenvalue weighted by Gasteiger charge is 2.19. The van der Waals surface area contributed by atoms with Gasteiger partial charge in [0.2, 0.25) is 0 Å². The second-order valence-electron chi connectivity index (χ2n) is 5.01. The van der Waals surface area contributed by atoms with E-state index in [0.717, 1.165) is 5.39 Å². The quantitative estimate of drug-likeness (QED) is 0.769. The van der Waals surface area contributed by atoms with Crippen molar-refractivity contribution in [2.45, 2.75) is 11.8 Å². The molecule has 3 rings (SSSR count). The van der Waals surface area contributed by atoms with E-state index in [9.17, 15) is 8.42 Å². The molecule has 23 heavy (non-hydrogen) atoms. The summed E-state index contributed by atoms with van der Waals surface area (Å²) in [5, 5.41) is 1.42. The second kappa shape index (κ2) is 6.30. The van der Waals surface area contributed by atoms with Crippen LogP contribution < -0.4 is 9.46 Å². The van der Waals surface area contributed by atoms with Crippen molar-refractivity contribution in [2.24, 2.45) is 0 Å². The molecule has 4 nitrogen and oxygen atoms in total. The van der Waals surface area contributed by atoms with E-state index in [2.05, 4.69) is 4.72 Å². The summed E-state index contributed by atoms with van der Waals surface area (Å²) in [5.74, 6) is 0.682. The Labute approximate surface area is 135 Å². The lowest BCUT2D eigenvalue weighted by molar-refractivity contribution is 0.344. The summed E-state index contributed by atoms with van der Waals surface area (Å²) in [5.41, 5.74) is 0.533. The lowest BCUT2D eigenvalue weighted by atomic mass is 10.1. The fourth-order valence-corrected chi connectivity index (χ4v) is 3.75. The zero-order chi connectivity index (χ0) is 16.3. The third kappa shape index (κ3) is 3.14. The number of hydrogen-bond acceptors (Lipinski definition) is 3. The molecule has 0 fully saturated rings. The molecule has 0 spiro atoms. The predicted molar refractivity (Wildman–Crippen MR) is 92.4 cm³/mol. The third-order valence-electron chi connectivity index (χ3n) is 3.46. The molecular weight excluding hydrogens is 310 g/mol. The molecule has 3 aromatic rings. The van der Waals surface area contributed by atoms with Crippen LogP contribution in [0.2, 0.25) is 0 Å². The summed E-state index contributed by atoms with van der Waals surface area (Å²) >= 11 is 0. The molecule has 0 amide bonds. The van der Waals surface area contributed by atoms with Gasteiger partial charge in [0.1, 0.15) is 5.75 Å². The van der Waals surface area contributed by atoms with Gasteiger partial charge in [0, 0.05) is 16.5 Å². The summed E-state index contributed by atoms with van der Waals surface area (Å²) in [6, 6.07) is 19.5. The molecule has 0 aliphatic heterocycles. The van der Waals surface area contributed by atoms with Crippen molar-refractivity contribution in [3.8, 4) is 5.75 Å². The van der Waals surface area contributed by atoms with Crippen molar-refractivity contribution in [1.29, 1.82) is 0 Å². The lowest BCUT2D eigenvalue weighted by Gasteiger charge is -2.13. The summed E-state index contributed by atoms with van der Waals surface area (Å²) in [6.07, 6.45) is 0. The molecule has 0 saturated heterocycles. The van der Waals surface area contributed by atoms with Gasteiger partial charge in [-0.1, -0.05) is 42.5 Å². The molecule has 0 aromatic heterocycles. The molecule has 0 radical (unpaired) electrons. The first-order chi connectivity index (χ1) is 11.1. The number of hydrogen-bond donors (Lipinski definition) is 1. The van der Waals surface area contributed by atoms with Crippen LogP contribution in [0, 0.1) is 0 Å². The zero-order valence-electron chi connectivity index (χ0n) is 12.7. The Morgan fingerprint density at radius 3 is 2.22 bits per heavy atom. The van der Waals surface area contributed by atoms with Gasteiger partial charge < -0.3 is 4.74 Å². The van der Waals surface area contributed by atoms with E-state index >= 15 is 0 Å². The van der Waals surface area contributed by atoms with Crippen molar-refractivity contribution < 1.29 is 13.2 Å². The number of anilines is 1. The molecular formula is C18H17NO3S. The predicted octanol–water partition coefficient (Wildman–Crippen LogP) is 4.04. The smallest absolute Gasteiger partial charge is 0.262 e. The first kappa shape index (κ1) is 15.4. The number of ether oxygens (including phenoxy) is 1. The third-order valence-corrected chi connectivity index (χ3v) is 4.90. The number of benzene rings is 3. The van der Waals surface area contributed by atoms with E-state index in [-0.39, 0.29) is 4.90 Å². The number of rotatable bonds is 5. The average molecular weight is 327 g/mol. The van der Waals surface area contributed by atoms with Gasteiger partial charge in [-0.15, -0.1) is 0 Å². The fraction of sp³-hybridized carbons (Fsp3) is 0.111. The molecule has 118 valence electrons. The fourth-order valence-electron chi connectivity index (χ4n) is 2.48. The molecule has 0 aliphatic carbocycles. The first-order valence-corrected chi connectivity index (χ1v) is 8.82. The van der Waals surface area contributed by atoms with Gasteiger partial charge in [0.15, 0.2) is 0 Å². The van der Waals surface area contributed by atoms with E-state index < -0.39 is 10.0 Å². The van der Waals surface area contributed by atoms with Crippen LogP contribution in [-0.2, 0) is 10.0 Å². The van der Waals surface area contributed by atoms with Crippen molar-refractivity contribution in [3.63, 3.8) is 0 Å². The monoisotopic (exact) mass is 327 g/mol.